The second kappa shape index (κ2) is 9.82. The largest absolute Gasteiger partial charge is 0.381 e. The molecule has 2 aliphatic rings. The molecule has 2 saturated heterocycles. The monoisotopic (exact) mass is 413 g/mol. The van der Waals surface area contributed by atoms with Crippen molar-refractivity contribution in [2.45, 2.75) is 44.3 Å². The molecule has 3 heterocycles. The van der Waals surface area contributed by atoms with Crippen molar-refractivity contribution >= 4 is 15.9 Å². The number of piperidine rings is 1. The molecule has 1 aromatic heterocycles. The number of ether oxygens (including phenoxy) is 1. The zero-order valence-corrected chi connectivity index (χ0v) is 17.3. The molecule has 2 fully saturated rings. The Morgan fingerprint density at radius 1 is 1.29 bits per heavy atom. The van der Waals surface area contributed by atoms with Gasteiger partial charge in [-0.2, -0.15) is 5.10 Å². The van der Waals surface area contributed by atoms with E-state index in [0.717, 1.165) is 38.9 Å². The van der Waals surface area contributed by atoms with Gasteiger partial charge in [0, 0.05) is 63.9 Å². The second-order valence-corrected chi connectivity index (χ2v) is 9.53. The van der Waals surface area contributed by atoms with Gasteiger partial charge in [-0.05, 0) is 31.7 Å². The highest BCUT2D eigenvalue weighted by molar-refractivity contribution is 7.88. The molecule has 1 amide bonds. The Bertz CT molecular complexity index is 718. The summed E-state index contributed by atoms with van der Waals surface area (Å²) in [5, 5.41) is 7.01. The third-order valence-corrected chi connectivity index (χ3v) is 6.78. The number of hydrogen-bond donors (Lipinski definition) is 1. The fourth-order valence-corrected chi connectivity index (χ4v) is 5.00. The van der Waals surface area contributed by atoms with Crippen LogP contribution in [0.25, 0.3) is 0 Å². The van der Waals surface area contributed by atoms with E-state index >= 15 is 0 Å². The number of sulfonamides is 1. The quantitative estimate of drug-likeness (QED) is 0.640. The predicted octanol–water partition coefficient (Wildman–Crippen LogP) is -0.0957. The number of aromatic nitrogens is 2. The molecule has 3 rings (SSSR count). The summed E-state index contributed by atoms with van der Waals surface area (Å²) in [6.07, 6.45) is 8.41. The van der Waals surface area contributed by atoms with Gasteiger partial charge in [-0.3, -0.25) is 14.4 Å². The summed E-state index contributed by atoms with van der Waals surface area (Å²) >= 11 is 0. The van der Waals surface area contributed by atoms with Crippen molar-refractivity contribution in [1.29, 1.82) is 0 Å². The topological polar surface area (TPSA) is 96.8 Å². The summed E-state index contributed by atoms with van der Waals surface area (Å²) < 4.78 is 32.7. The SMILES string of the molecule is CS(=O)(=O)N1CCCC(N(CCNC(=O)Cn2cccn2)C2CCOCC2)C1. The number of nitrogens with zero attached hydrogens (tertiary/aromatic N) is 4. The van der Waals surface area contributed by atoms with Crippen LogP contribution in [0, 0.1) is 0 Å². The maximum atomic E-state index is 12.1. The van der Waals surface area contributed by atoms with E-state index in [4.69, 9.17) is 4.74 Å². The highest BCUT2D eigenvalue weighted by Crippen LogP contribution is 2.24. The molecular weight excluding hydrogens is 382 g/mol. The average Bonchev–Trinajstić information content (AvgIpc) is 3.18. The molecule has 1 unspecified atom stereocenters. The van der Waals surface area contributed by atoms with E-state index in [9.17, 15) is 13.2 Å². The first-order valence-electron chi connectivity index (χ1n) is 9.96. The van der Waals surface area contributed by atoms with E-state index in [2.05, 4.69) is 15.3 Å². The third-order valence-electron chi connectivity index (χ3n) is 5.51. The van der Waals surface area contributed by atoms with E-state index in [0.29, 0.717) is 32.2 Å². The van der Waals surface area contributed by atoms with Crippen LogP contribution < -0.4 is 5.32 Å². The molecule has 28 heavy (non-hydrogen) atoms. The van der Waals surface area contributed by atoms with Crippen LogP contribution in [0.5, 0.6) is 0 Å². The molecule has 0 saturated carbocycles. The van der Waals surface area contributed by atoms with E-state index < -0.39 is 10.0 Å². The molecule has 0 radical (unpaired) electrons. The summed E-state index contributed by atoms with van der Waals surface area (Å²) in [4.78, 5) is 14.5. The molecule has 1 aromatic rings. The zero-order valence-electron chi connectivity index (χ0n) is 16.5. The summed E-state index contributed by atoms with van der Waals surface area (Å²) in [7, 11) is -3.18. The lowest BCUT2D eigenvalue weighted by molar-refractivity contribution is -0.122. The van der Waals surface area contributed by atoms with Gasteiger partial charge in [-0.25, -0.2) is 12.7 Å². The second-order valence-electron chi connectivity index (χ2n) is 7.55. The smallest absolute Gasteiger partial charge is 0.241 e. The van der Waals surface area contributed by atoms with Crippen molar-refractivity contribution in [3.05, 3.63) is 18.5 Å². The van der Waals surface area contributed by atoms with Gasteiger partial charge in [0.15, 0.2) is 0 Å². The third kappa shape index (κ3) is 6.00. The van der Waals surface area contributed by atoms with Crippen LogP contribution in [-0.2, 0) is 26.1 Å². The van der Waals surface area contributed by atoms with Gasteiger partial charge in [0.25, 0.3) is 0 Å². The Morgan fingerprint density at radius 2 is 2.07 bits per heavy atom. The number of carbonyl (C=O) groups excluding carboxylic acids is 1. The maximum Gasteiger partial charge on any atom is 0.241 e. The van der Waals surface area contributed by atoms with Gasteiger partial charge < -0.3 is 10.1 Å². The lowest BCUT2D eigenvalue weighted by atomic mass is 9.99. The normalized spacial score (nSPS) is 22.4. The molecule has 1 N–H and O–H groups in total. The van der Waals surface area contributed by atoms with E-state index in [1.54, 1.807) is 27.4 Å². The fraction of sp³-hybridized carbons (Fsp3) is 0.778. The molecule has 0 aliphatic carbocycles. The Morgan fingerprint density at radius 3 is 2.75 bits per heavy atom. The molecule has 1 atom stereocenters. The fourth-order valence-electron chi connectivity index (χ4n) is 4.09. The first kappa shape index (κ1) is 21.2. The van der Waals surface area contributed by atoms with Crippen LogP contribution in [0.4, 0.5) is 0 Å². The van der Waals surface area contributed by atoms with E-state index in [1.807, 2.05) is 0 Å². The first-order valence-corrected chi connectivity index (χ1v) is 11.8. The first-order chi connectivity index (χ1) is 13.4. The minimum atomic E-state index is -3.18. The summed E-state index contributed by atoms with van der Waals surface area (Å²) in [5.41, 5.74) is 0. The molecule has 9 nitrogen and oxygen atoms in total. The molecule has 0 bridgehead atoms. The minimum Gasteiger partial charge on any atom is -0.381 e. The van der Waals surface area contributed by atoms with Gasteiger partial charge >= 0.3 is 0 Å². The Hall–Kier alpha value is -1.49. The van der Waals surface area contributed by atoms with Crippen molar-refractivity contribution in [3.63, 3.8) is 0 Å². The van der Waals surface area contributed by atoms with Gasteiger partial charge in [-0.1, -0.05) is 0 Å². The lowest BCUT2D eigenvalue weighted by Gasteiger charge is -2.43. The predicted molar refractivity (Wildman–Crippen MR) is 105 cm³/mol. The van der Waals surface area contributed by atoms with Crippen LogP contribution in [0.15, 0.2) is 18.5 Å². The van der Waals surface area contributed by atoms with Gasteiger partial charge in [0.2, 0.25) is 15.9 Å². The van der Waals surface area contributed by atoms with Crippen molar-refractivity contribution in [3.8, 4) is 0 Å². The molecule has 10 heteroatoms. The number of amides is 1. The number of carbonyl (C=O) groups is 1. The van der Waals surface area contributed by atoms with Crippen LogP contribution in [0.3, 0.4) is 0 Å². The van der Waals surface area contributed by atoms with Crippen LogP contribution in [0.1, 0.15) is 25.7 Å². The number of rotatable bonds is 8. The summed E-state index contributed by atoms with van der Waals surface area (Å²) in [5.74, 6) is -0.0722. The standard InChI is InChI=1S/C18H31N5O4S/c1-28(25,26)22-10-2-4-17(14-22)23(16-5-12-27-13-6-16)11-8-19-18(24)15-21-9-3-7-20-21/h3,7,9,16-17H,2,4-6,8,10-15H2,1H3,(H,19,24). The minimum absolute atomic E-state index is 0.0722. The maximum absolute atomic E-state index is 12.1. The molecule has 0 aromatic carbocycles. The van der Waals surface area contributed by atoms with Gasteiger partial charge in [-0.15, -0.1) is 0 Å². The number of nitrogens with one attached hydrogen (secondary N) is 1. The van der Waals surface area contributed by atoms with Gasteiger partial charge in [0.1, 0.15) is 6.54 Å². The molecule has 2 aliphatic heterocycles. The highest BCUT2D eigenvalue weighted by atomic mass is 32.2. The lowest BCUT2D eigenvalue weighted by Crippen LogP contribution is -2.55. The molecule has 0 spiro atoms. The Kier molecular flexibility index (Phi) is 7.44. The molecule has 158 valence electrons. The summed E-state index contributed by atoms with van der Waals surface area (Å²) in [6.45, 7) is 4.03. The van der Waals surface area contributed by atoms with Crippen molar-refractivity contribution in [2.75, 3.05) is 45.6 Å². The van der Waals surface area contributed by atoms with Crippen LogP contribution in [-0.4, -0.2) is 91.0 Å². The Balaban J connectivity index is 1.58. The molecular formula is C18H31N5O4S. The van der Waals surface area contributed by atoms with Crippen LogP contribution in [0.2, 0.25) is 0 Å². The zero-order chi connectivity index (χ0) is 20.0. The van der Waals surface area contributed by atoms with Crippen molar-refractivity contribution in [2.24, 2.45) is 0 Å². The highest BCUT2D eigenvalue weighted by Gasteiger charge is 2.33. The van der Waals surface area contributed by atoms with Crippen molar-refractivity contribution < 1.29 is 17.9 Å². The van der Waals surface area contributed by atoms with E-state index in [-0.39, 0.29) is 18.5 Å². The van der Waals surface area contributed by atoms with E-state index in [1.165, 1.54) is 6.26 Å². The van der Waals surface area contributed by atoms with Crippen molar-refractivity contribution in [1.82, 2.24) is 24.3 Å². The average molecular weight is 414 g/mol. The number of hydrogen-bond acceptors (Lipinski definition) is 6. The summed E-state index contributed by atoms with van der Waals surface area (Å²) in [6, 6.07) is 2.33. The Labute approximate surface area is 167 Å². The van der Waals surface area contributed by atoms with Crippen LogP contribution >= 0.6 is 0 Å². The van der Waals surface area contributed by atoms with Gasteiger partial charge in [0.05, 0.1) is 6.26 Å².